The molecule has 0 bridgehead atoms. The maximum atomic E-state index is 13.6. The Balaban J connectivity index is 0.00000256. The van der Waals surface area contributed by atoms with Crippen molar-refractivity contribution in [1.29, 1.82) is 0 Å². The first-order valence-electron chi connectivity index (χ1n) is 9.49. The molecule has 7 nitrogen and oxygen atoms in total. The fourth-order valence-corrected chi connectivity index (χ4v) is 3.11. The third-order valence-electron chi connectivity index (χ3n) is 4.70. The second kappa shape index (κ2) is 10.2. The zero-order valence-electron chi connectivity index (χ0n) is 16.1. The molecule has 0 radical (unpaired) electrons. The quantitative estimate of drug-likeness (QED) is 0.595. The molecule has 0 spiro atoms. The van der Waals surface area contributed by atoms with E-state index in [0.717, 1.165) is 30.5 Å². The molecule has 0 saturated carbocycles. The molecular weight excluding hydrogens is 411 g/mol. The van der Waals surface area contributed by atoms with Crippen molar-refractivity contribution in [3.8, 4) is 17.1 Å². The highest BCUT2D eigenvalue weighted by atomic mass is 35.5. The normalized spacial score (nSPS) is 15.4. The van der Waals surface area contributed by atoms with E-state index in [4.69, 9.17) is 9.26 Å². The predicted molar refractivity (Wildman–Crippen MR) is 111 cm³/mol. The Bertz CT molecular complexity index is 974. The minimum atomic E-state index is -0.390. The summed E-state index contributed by atoms with van der Waals surface area (Å²) in [6.07, 6.45) is 1.85. The van der Waals surface area contributed by atoms with Crippen molar-refractivity contribution in [3.63, 3.8) is 0 Å². The molecule has 2 aromatic carbocycles. The summed E-state index contributed by atoms with van der Waals surface area (Å²) >= 11 is 0. The third-order valence-corrected chi connectivity index (χ3v) is 4.70. The van der Waals surface area contributed by atoms with Crippen LogP contribution in [0.1, 0.15) is 24.3 Å². The van der Waals surface area contributed by atoms with Gasteiger partial charge >= 0.3 is 0 Å². The number of amides is 1. The summed E-state index contributed by atoms with van der Waals surface area (Å²) in [7, 11) is 0. The van der Waals surface area contributed by atoms with Gasteiger partial charge in [-0.2, -0.15) is 4.98 Å². The van der Waals surface area contributed by atoms with Crippen molar-refractivity contribution in [3.05, 3.63) is 65.8 Å². The molecule has 3 aromatic rings. The van der Waals surface area contributed by atoms with E-state index in [-0.39, 0.29) is 49.1 Å². The van der Waals surface area contributed by atoms with Crippen LogP contribution in [0, 0.1) is 5.82 Å². The van der Waals surface area contributed by atoms with Gasteiger partial charge in [-0.3, -0.25) is 4.79 Å². The van der Waals surface area contributed by atoms with Crippen LogP contribution in [0.25, 0.3) is 11.4 Å². The lowest BCUT2D eigenvalue weighted by Crippen LogP contribution is -2.40. The van der Waals surface area contributed by atoms with Crippen LogP contribution in [0.3, 0.4) is 0 Å². The van der Waals surface area contributed by atoms with Gasteiger partial charge in [0.25, 0.3) is 0 Å². The molecule has 30 heavy (non-hydrogen) atoms. The van der Waals surface area contributed by atoms with Crippen LogP contribution in [-0.2, 0) is 17.9 Å². The molecule has 1 aromatic heterocycles. The van der Waals surface area contributed by atoms with Gasteiger partial charge in [-0.05, 0) is 37.1 Å². The number of halogens is 2. The lowest BCUT2D eigenvalue weighted by Gasteiger charge is -2.08. The molecule has 1 atom stereocenters. The van der Waals surface area contributed by atoms with Crippen molar-refractivity contribution < 1.29 is 18.4 Å². The Hall–Kier alpha value is -2.97. The van der Waals surface area contributed by atoms with Crippen LogP contribution in [0.15, 0.2) is 53.1 Å². The zero-order chi connectivity index (χ0) is 20.1. The van der Waals surface area contributed by atoms with E-state index < -0.39 is 0 Å². The van der Waals surface area contributed by atoms with Crippen molar-refractivity contribution in [2.24, 2.45) is 0 Å². The Morgan fingerprint density at radius 2 is 2.03 bits per heavy atom. The topological polar surface area (TPSA) is 89.3 Å². The minimum Gasteiger partial charge on any atom is -0.486 e. The van der Waals surface area contributed by atoms with Gasteiger partial charge in [0.05, 0.1) is 12.6 Å². The van der Waals surface area contributed by atoms with E-state index in [1.54, 1.807) is 18.2 Å². The van der Waals surface area contributed by atoms with Crippen LogP contribution >= 0.6 is 12.4 Å². The summed E-state index contributed by atoms with van der Waals surface area (Å²) in [4.78, 5) is 16.3. The van der Waals surface area contributed by atoms with E-state index >= 15 is 0 Å². The number of carbonyl (C=O) groups excluding carboxylic acids is 1. The number of para-hydroxylation sites is 1. The Kier molecular flexibility index (Phi) is 7.37. The SMILES string of the molecule is Cl.O=C(NCc1nc(-c2ccc(COc3ccccc3F)cc2)no1)C1CCCN1. The Morgan fingerprint density at radius 3 is 2.77 bits per heavy atom. The van der Waals surface area contributed by atoms with Crippen LogP contribution < -0.4 is 15.4 Å². The smallest absolute Gasteiger partial charge is 0.246 e. The lowest BCUT2D eigenvalue weighted by molar-refractivity contribution is -0.123. The first kappa shape index (κ1) is 21.7. The van der Waals surface area contributed by atoms with Crippen LogP contribution in [0.4, 0.5) is 4.39 Å². The van der Waals surface area contributed by atoms with Crippen LogP contribution in [0.2, 0.25) is 0 Å². The van der Waals surface area contributed by atoms with Gasteiger partial charge < -0.3 is 19.9 Å². The second-order valence-electron chi connectivity index (χ2n) is 6.79. The molecule has 1 aliphatic rings. The number of hydrogen-bond acceptors (Lipinski definition) is 6. The zero-order valence-corrected chi connectivity index (χ0v) is 17.0. The molecule has 1 unspecified atom stereocenters. The van der Waals surface area contributed by atoms with Crippen LogP contribution in [0.5, 0.6) is 5.75 Å². The highest BCUT2D eigenvalue weighted by Crippen LogP contribution is 2.20. The first-order valence-corrected chi connectivity index (χ1v) is 9.49. The van der Waals surface area contributed by atoms with Crippen molar-refractivity contribution >= 4 is 18.3 Å². The Labute approximate surface area is 179 Å². The van der Waals surface area contributed by atoms with Crippen LogP contribution in [-0.4, -0.2) is 28.6 Å². The van der Waals surface area contributed by atoms with E-state index in [2.05, 4.69) is 20.8 Å². The fraction of sp³-hybridized carbons (Fsp3) is 0.286. The predicted octanol–water partition coefficient (Wildman–Crippen LogP) is 3.24. The maximum absolute atomic E-state index is 13.6. The van der Waals surface area contributed by atoms with E-state index in [9.17, 15) is 9.18 Å². The van der Waals surface area contributed by atoms with Crippen molar-refractivity contribution in [2.45, 2.75) is 32.0 Å². The highest BCUT2D eigenvalue weighted by molar-refractivity contribution is 5.85. The van der Waals surface area contributed by atoms with E-state index in [1.807, 2.05) is 24.3 Å². The standard InChI is InChI=1S/C21H21FN4O3.ClH/c22-16-4-1-2-6-18(16)28-13-14-7-9-15(10-8-14)20-25-19(29-26-20)12-24-21(27)17-5-3-11-23-17;/h1-2,4,6-10,17,23H,3,5,11-13H2,(H,24,27);1H. The molecule has 4 rings (SSSR count). The third kappa shape index (κ3) is 5.34. The number of carbonyl (C=O) groups is 1. The summed E-state index contributed by atoms with van der Waals surface area (Å²) in [6.45, 7) is 1.31. The summed E-state index contributed by atoms with van der Waals surface area (Å²) in [6, 6.07) is 13.6. The number of aromatic nitrogens is 2. The summed E-state index contributed by atoms with van der Waals surface area (Å²) < 4.78 is 24.3. The molecule has 2 heterocycles. The number of ether oxygens (including phenoxy) is 1. The summed E-state index contributed by atoms with van der Waals surface area (Å²) in [5.74, 6) is 0.558. The van der Waals surface area contributed by atoms with E-state index in [1.165, 1.54) is 6.07 Å². The summed E-state index contributed by atoms with van der Waals surface area (Å²) in [5.41, 5.74) is 1.66. The molecule has 158 valence electrons. The largest absolute Gasteiger partial charge is 0.486 e. The molecule has 9 heteroatoms. The summed E-state index contributed by atoms with van der Waals surface area (Å²) in [5, 5.41) is 9.91. The monoisotopic (exact) mass is 432 g/mol. The molecule has 1 amide bonds. The fourth-order valence-electron chi connectivity index (χ4n) is 3.11. The first-order chi connectivity index (χ1) is 14.2. The number of nitrogens with zero attached hydrogens (tertiary/aromatic N) is 2. The number of hydrogen-bond donors (Lipinski definition) is 2. The van der Waals surface area contributed by atoms with Crippen molar-refractivity contribution in [2.75, 3.05) is 6.54 Å². The maximum Gasteiger partial charge on any atom is 0.246 e. The molecule has 2 N–H and O–H groups in total. The van der Waals surface area contributed by atoms with Gasteiger partial charge in [-0.25, -0.2) is 4.39 Å². The lowest BCUT2D eigenvalue weighted by atomic mass is 10.1. The Morgan fingerprint density at radius 1 is 1.23 bits per heavy atom. The van der Waals surface area contributed by atoms with Gasteiger partial charge in [-0.15, -0.1) is 12.4 Å². The van der Waals surface area contributed by atoms with Gasteiger partial charge in [0.2, 0.25) is 17.6 Å². The molecule has 0 aliphatic carbocycles. The van der Waals surface area contributed by atoms with Gasteiger partial charge in [0.15, 0.2) is 11.6 Å². The molecular formula is C21H22ClFN4O3. The second-order valence-corrected chi connectivity index (χ2v) is 6.79. The van der Waals surface area contributed by atoms with Gasteiger partial charge in [0.1, 0.15) is 6.61 Å². The number of rotatable bonds is 7. The highest BCUT2D eigenvalue weighted by Gasteiger charge is 2.22. The molecule has 1 aliphatic heterocycles. The van der Waals surface area contributed by atoms with Gasteiger partial charge in [0, 0.05) is 5.56 Å². The number of benzene rings is 2. The average Bonchev–Trinajstić information content (AvgIpc) is 3.44. The average molecular weight is 433 g/mol. The molecule has 1 fully saturated rings. The van der Waals surface area contributed by atoms with Crippen molar-refractivity contribution in [1.82, 2.24) is 20.8 Å². The van der Waals surface area contributed by atoms with Gasteiger partial charge in [-0.1, -0.05) is 41.6 Å². The number of nitrogens with one attached hydrogen (secondary N) is 2. The molecule has 1 saturated heterocycles. The van der Waals surface area contributed by atoms with E-state index in [0.29, 0.717) is 11.7 Å². The minimum absolute atomic E-state index is 0.